The van der Waals surface area contributed by atoms with Gasteiger partial charge in [-0.05, 0) is 31.6 Å². The third kappa shape index (κ3) is 2.14. The van der Waals surface area contributed by atoms with Crippen LogP contribution in [-0.2, 0) is 0 Å². The monoisotopic (exact) mass is 233 g/mol. The van der Waals surface area contributed by atoms with Gasteiger partial charge in [-0.15, -0.1) is 0 Å². The Bertz CT molecular complexity index is 426. The van der Waals surface area contributed by atoms with Gasteiger partial charge in [0, 0.05) is 12.0 Å². The van der Waals surface area contributed by atoms with Gasteiger partial charge in [0.2, 0.25) is 5.89 Å². The smallest absolute Gasteiger partial charge is 0.233 e. The molecule has 92 valence electrons. The Hall–Kier alpha value is -1.16. The summed E-state index contributed by atoms with van der Waals surface area (Å²) < 4.78 is 5.38. The zero-order valence-corrected chi connectivity index (χ0v) is 10.2. The molecule has 4 unspecified atom stereocenters. The third-order valence-electron chi connectivity index (χ3n) is 3.95. The van der Waals surface area contributed by atoms with Crippen LogP contribution >= 0.6 is 0 Å². The molecule has 3 rings (SSSR count). The molecule has 1 aromatic heterocycles. The Labute approximate surface area is 101 Å². The zero-order chi connectivity index (χ0) is 11.8. The molecule has 0 aromatic carbocycles. The van der Waals surface area contributed by atoms with Crippen molar-refractivity contribution in [3.8, 4) is 0 Å². The molecule has 2 N–H and O–H groups in total. The second kappa shape index (κ2) is 4.26. The first-order chi connectivity index (χ1) is 8.22. The second-order valence-electron chi connectivity index (χ2n) is 5.50. The largest absolute Gasteiger partial charge is 0.339 e. The van der Waals surface area contributed by atoms with E-state index in [4.69, 9.17) is 10.3 Å². The number of hydrogen-bond acceptors (Lipinski definition) is 4. The lowest BCUT2D eigenvalue weighted by atomic mass is 10.1. The summed E-state index contributed by atoms with van der Waals surface area (Å²) in [6, 6.07) is 0.141. The topological polar surface area (TPSA) is 64.9 Å². The van der Waals surface area contributed by atoms with E-state index in [-0.39, 0.29) is 12.0 Å². The van der Waals surface area contributed by atoms with Gasteiger partial charge >= 0.3 is 0 Å². The normalized spacial score (nSPS) is 36.8. The van der Waals surface area contributed by atoms with Crippen LogP contribution in [0.1, 0.15) is 56.2 Å². The van der Waals surface area contributed by atoms with Crippen LogP contribution in [0.3, 0.4) is 0 Å². The van der Waals surface area contributed by atoms with E-state index in [1.807, 2.05) is 6.08 Å². The van der Waals surface area contributed by atoms with Crippen molar-refractivity contribution in [3.63, 3.8) is 0 Å². The van der Waals surface area contributed by atoms with Crippen LogP contribution in [-0.4, -0.2) is 16.2 Å². The first kappa shape index (κ1) is 11.0. The average molecular weight is 233 g/mol. The Kier molecular flexibility index (Phi) is 2.74. The fraction of sp³-hybridized carbons (Fsp3) is 0.692. The van der Waals surface area contributed by atoms with E-state index in [0.29, 0.717) is 5.92 Å². The third-order valence-corrected chi connectivity index (χ3v) is 3.95. The maximum absolute atomic E-state index is 5.83. The fourth-order valence-electron chi connectivity index (χ4n) is 2.92. The predicted octanol–water partition coefficient (Wildman–Crippen LogP) is 2.34. The molecule has 0 saturated heterocycles. The minimum Gasteiger partial charge on any atom is -0.339 e. The van der Waals surface area contributed by atoms with Crippen molar-refractivity contribution in [2.75, 3.05) is 0 Å². The van der Waals surface area contributed by atoms with E-state index in [0.717, 1.165) is 24.1 Å². The summed E-state index contributed by atoms with van der Waals surface area (Å²) in [6.07, 6.45) is 8.66. The first-order valence-electron chi connectivity index (χ1n) is 6.50. The minimum absolute atomic E-state index is 0.141. The van der Waals surface area contributed by atoms with Crippen molar-refractivity contribution in [2.45, 2.75) is 50.5 Å². The molecule has 17 heavy (non-hydrogen) atoms. The van der Waals surface area contributed by atoms with E-state index in [9.17, 15) is 0 Å². The lowest BCUT2D eigenvalue weighted by Gasteiger charge is -2.03. The van der Waals surface area contributed by atoms with E-state index in [2.05, 4.69) is 23.1 Å². The van der Waals surface area contributed by atoms with Gasteiger partial charge < -0.3 is 10.3 Å². The highest BCUT2D eigenvalue weighted by atomic mass is 16.5. The highest BCUT2D eigenvalue weighted by molar-refractivity contribution is 5.16. The van der Waals surface area contributed by atoms with E-state index in [1.165, 1.54) is 19.3 Å². The molecule has 1 fully saturated rings. The Morgan fingerprint density at radius 3 is 2.82 bits per heavy atom. The molecule has 0 bridgehead atoms. The van der Waals surface area contributed by atoms with Crippen molar-refractivity contribution >= 4 is 0 Å². The summed E-state index contributed by atoms with van der Waals surface area (Å²) >= 11 is 0. The Morgan fingerprint density at radius 1 is 1.29 bits per heavy atom. The van der Waals surface area contributed by atoms with Crippen LogP contribution in [0.4, 0.5) is 0 Å². The Morgan fingerprint density at radius 2 is 2.18 bits per heavy atom. The van der Waals surface area contributed by atoms with Crippen LogP contribution in [0.25, 0.3) is 0 Å². The predicted molar refractivity (Wildman–Crippen MR) is 64.5 cm³/mol. The number of allylic oxidation sites excluding steroid dienone is 1. The molecule has 4 heteroatoms. The van der Waals surface area contributed by atoms with Crippen molar-refractivity contribution in [3.05, 3.63) is 23.9 Å². The quantitative estimate of drug-likeness (QED) is 0.796. The summed E-state index contributed by atoms with van der Waals surface area (Å²) in [5, 5.41) is 4.14. The van der Waals surface area contributed by atoms with Gasteiger partial charge in [0.25, 0.3) is 0 Å². The molecule has 0 amide bonds. The van der Waals surface area contributed by atoms with E-state index >= 15 is 0 Å². The number of aromatic nitrogens is 2. The van der Waals surface area contributed by atoms with Gasteiger partial charge in [0.05, 0.1) is 5.92 Å². The van der Waals surface area contributed by atoms with Crippen molar-refractivity contribution in [2.24, 2.45) is 11.7 Å². The maximum atomic E-state index is 5.83. The molecule has 1 heterocycles. The molecule has 0 radical (unpaired) electrons. The number of hydrogen-bond donors (Lipinski definition) is 1. The second-order valence-corrected chi connectivity index (χ2v) is 5.50. The molecule has 4 nitrogen and oxygen atoms in total. The first-order valence-corrected chi connectivity index (χ1v) is 6.50. The summed E-state index contributed by atoms with van der Waals surface area (Å²) in [4.78, 5) is 4.56. The van der Waals surface area contributed by atoms with Crippen LogP contribution in [0.5, 0.6) is 0 Å². The van der Waals surface area contributed by atoms with Crippen molar-refractivity contribution in [1.82, 2.24) is 10.1 Å². The van der Waals surface area contributed by atoms with Gasteiger partial charge in [0.15, 0.2) is 5.82 Å². The molecule has 1 aromatic rings. The van der Waals surface area contributed by atoms with E-state index in [1.54, 1.807) is 0 Å². The minimum atomic E-state index is 0.141. The van der Waals surface area contributed by atoms with Crippen LogP contribution in [0, 0.1) is 5.92 Å². The van der Waals surface area contributed by atoms with Gasteiger partial charge in [-0.25, -0.2) is 0 Å². The van der Waals surface area contributed by atoms with Crippen LogP contribution in [0.2, 0.25) is 0 Å². The SMILES string of the molecule is CC1CCC(c2noc(C3C=CC(N)C3)n2)C1. The molecule has 2 aliphatic rings. The number of nitrogens with zero attached hydrogens (tertiary/aromatic N) is 2. The number of rotatable bonds is 2. The molecule has 1 saturated carbocycles. The van der Waals surface area contributed by atoms with Crippen molar-refractivity contribution in [1.29, 1.82) is 0 Å². The molecule has 4 atom stereocenters. The summed E-state index contributed by atoms with van der Waals surface area (Å²) in [5.74, 6) is 3.16. The van der Waals surface area contributed by atoms with E-state index < -0.39 is 0 Å². The fourth-order valence-corrected chi connectivity index (χ4v) is 2.92. The zero-order valence-electron chi connectivity index (χ0n) is 10.2. The molecular formula is C13H19N3O. The molecule has 2 aliphatic carbocycles. The number of nitrogens with two attached hydrogens (primary N) is 1. The maximum Gasteiger partial charge on any atom is 0.233 e. The summed E-state index contributed by atoms with van der Waals surface area (Å²) in [7, 11) is 0. The molecular weight excluding hydrogens is 214 g/mol. The molecule has 0 spiro atoms. The Balaban J connectivity index is 1.72. The summed E-state index contributed by atoms with van der Waals surface area (Å²) in [6.45, 7) is 2.29. The standard InChI is InChI=1S/C13H19N3O/c1-8-2-3-9(6-8)12-15-13(17-16-12)10-4-5-11(14)7-10/h4-5,8-11H,2-3,6-7,14H2,1H3. The average Bonchev–Trinajstić information content (AvgIpc) is 2.96. The van der Waals surface area contributed by atoms with Gasteiger partial charge in [0.1, 0.15) is 0 Å². The van der Waals surface area contributed by atoms with Crippen LogP contribution < -0.4 is 5.73 Å². The lowest BCUT2D eigenvalue weighted by Crippen LogP contribution is -2.14. The van der Waals surface area contributed by atoms with Gasteiger partial charge in [-0.1, -0.05) is 24.2 Å². The van der Waals surface area contributed by atoms with Gasteiger partial charge in [-0.2, -0.15) is 4.98 Å². The molecule has 0 aliphatic heterocycles. The van der Waals surface area contributed by atoms with Crippen molar-refractivity contribution < 1.29 is 4.52 Å². The lowest BCUT2D eigenvalue weighted by molar-refractivity contribution is 0.357. The summed E-state index contributed by atoms with van der Waals surface area (Å²) in [5.41, 5.74) is 5.83. The highest BCUT2D eigenvalue weighted by Gasteiger charge is 2.29. The highest BCUT2D eigenvalue weighted by Crippen LogP contribution is 2.37. The van der Waals surface area contributed by atoms with Gasteiger partial charge in [-0.3, -0.25) is 0 Å². The van der Waals surface area contributed by atoms with Crippen LogP contribution in [0.15, 0.2) is 16.7 Å².